The number of alkyl halides is 3. The maximum Gasteiger partial charge on any atom is 0.417 e. The normalized spacial score (nSPS) is 17.1. The van der Waals surface area contributed by atoms with Crippen LogP contribution in [0.3, 0.4) is 0 Å². The van der Waals surface area contributed by atoms with Crippen molar-refractivity contribution in [3.05, 3.63) is 58.6 Å². The average Bonchev–Trinajstić information content (AvgIpc) is 2.89. The van der Waals surface area contributed by atoms with Crippen LogP contribution in [0.5, 0.6) is 0 Å². The van der Waals surface area contributed by atoms with Crippen molar-refractivity contribution in [3.8, 4) is 0 Å². The highest BCUT2D eigenvalue weighted by Crippen LogP contribution is 2.38. The molecule has 1 aliphatic rings. The summed E-state index contributed by atoms with van der Waals surface area (Å²) in [6.45, 7) is 0. The third-order valence-electron chi connectivity index (χ3n) is 4.17. The number of benzene rings is 2. The van der Waals surface area contributed by atoms with Gasteiger partial charge in [-0.1, -0.05) is 11.6 Å². The maximum atomic E-state index is 13.0. The van der Waals surface area contributed by atoms with Crippen LogP contribution in [0.1, 0.15) is 22.3 Å². The SMILES string of the molecule is NC(=O)c1ccc(N[C@@H]2CC(=O)N(c3ccc(Cl)c(C(F)(F)F)c3)C2=O)cc1. The number of carbonyl (C=O) groups excluding carboxylic acids is 3. The molecule has 0 spiro atoms. The summed E-state index contributed by atoms with van der Waals surface area (Å²) in [5, 5.41) is 2.30. The maximum absolute atomic E-state index is 13.0. The van der Waals surface area contributed by atoms with Gasteiger partial charge in [-0.05, 0) is 42.5 Å². The lowest BCUT2D eigenvalue weighted by molar-refractivity contribution is -0.137. The molecule has 0 radical (unpaired) electrons. The van der Waals surface area contributed by atoms with E-state index >= 15 is 0 Å². The number of imide groups is 1. The summed E-state index contributed by atoms with van der Waals surface area (Å²) in [7, 11) is 0. The lowest BCUT2D eigenvalue weighted by Crippen LogP contribution is -2.35. The number of nitrogens with two attached hydrogens (primary N) is 1. The van der Waals surface area contributed by atoms with E-state index in [1.54, 1.807) is 0 Å². The Bertz CT molecular complexity index is 961. The van der Waals surface area contributed by atoms with Crippen LogP contribution >= 0.6 is 11.6 Å². The van der Waals surface area contributed by atoms with E-state index in [0.717, 1.165) is 6.07 Å². The van der Waals surface area contributed by atoms with E-state index in [-0.39, 0.29) is 17.7 Å². The third kappa shape index (κ3) is 3.79. The van der Waals surface area contributed by atoms with E-state index in [2.05, 4.69) is 5.32 Å². The highest BCUT2D eigenvalue weighted by atomic mass is 35.5. The van der Waals surface area contributed by atoms with Crippen LogP contribution in [-0.2, 0) is 15.8 Å². The summed E-state index contributed by atoms with van der Waals surface area (Å²) < 4.78 is 39.1. The Morgan fingerprint density at radius 1 is 1.14 bits per heavy atom. The average molecular weight is 412 g/mol. The van der Waals surface area contributed by atoms with Crippen molar-refractivity contribution >= 4 is 40.7 Å². The fourth-order valence-electron chi connectivity index (χ4n) is 2.82. The molecular formula is C18H13ClF3N3O3. The van der Waals surface area contributed by atoms with Gasteiger partial charge in [0.1, 0.15) is 6.04 Å². The number of anilines is 2. The molecule has 0 unspecified atom stereocenters. The van der Waals surface area contributed by atoms with Crippen molar-refractivity contribution in [2.75, 3.05) is 10.2 Å². The minimum atomic E-state index is -4.72. The first kappa shape index (κ1) is 19.7. The van der Waals surface area contributed by atoms with E-state index in [4.69, 9.17) is 17.3 Å². The number of nitrogens with zero attached hydrogens (tertiary/aromatic N) is 1. The molecule has 2 aromatic rings. The number of nitrogens with one attached hydrogen (secondary N) is 1. The lowest BCUT2D eigenvalue weighted by atomic mass is 10.1. The first-order valence-corrected chi connectivity index (χ1v) is 8.35. The van der Waals surface area contributed by atoms with Crippen molar-refractivity contribution in [3.63, 3.8) is 0 Å². The van der Waals surface area contributed by atoms with Crippen LogP contribution in [0.15, 0.2) is 42.5 Å². The fraction of sp³-hybridized carbons (Fsp3) is 0.167. The summed E-state index contributed by atoms with van der Waals surface area (Å²) in [6, 6.07) is 7.77. The zero-order valence-electron chi connectivity index (χ0n) is 14.1. The minimum Gasteiger partial charge on any atom is -0.373 e. The molecule has 1 saturated heterocycles. The van der Waals surface area contributed by atoms with Gasteiger partial charge in [0, 0.05) is 11.3 Å². The summed E-state index contributed by atoms with van der Waals surface area (Å²) in [5.74, 6) is -1.96. The Kier molecular flexibility index (Phi) is 5.03. The molecule has 28 heavy (non-hydrogen) atoms. The zero-order chi connectivity index (χ0) is 20.6. The molecule has 1 atom stereocenters. The van der Waals surface area contributed by atoms with Gasteiger partial charge in [0.05, 0.1) is 22.7 Å². The summed E-state index contributed by atoms with van der Waals surface area (Å²) in [6.07, 6.45) is -4.96. The Morgan fingerprint density at radius 3 is 2.36 bits per heavy atom. The summed E-state index contributed by atoms with van der Waals surface area (Å²) in [5.41, 5.74) is 4.52. The predicted molar refractivity (Wildman–Crippen MR) is 95.9 cm³/mol. The molecule has 1 heterocycles. The molecule has 0 aliphatic carbocycles. The van der Waals surface area contributed by atoms with Crippen molar-refractivity contribution in [2.24, 2.45) is 5.73 Å². The molecule has 0 bridgehead atoms. The van der Waals surface area contributed by atoms with Crippen LogP contribution in [-0.4, -0.2) is 23.8 Å². The molecule has 1 aliphatic heterocycles. The Morgan fingerprint density at radius 2 is 1.79 bits per heavy atom. The number of amides is 3. The first-order valence-electron chi connectivity index (χ1n) is 7.98. The van der Waals surface area contributed by atoms with Crippen LogP contribution in [0, 0.1) is 0 Å². The molecule has 2 aromatic carbocycles. The van der Waals surface area contributed by atoms with Crippen LogP contribution in [0.2, 0.25) is 5.02 Å². The number of hydrogen-bond donors (Lipinski definition) is 2. The topological polar surface area (TPSA) is 92.5 Å². The number of primary amides is 1. The molecular weight excluding hydrogens is 399 g/mol. The lowest BCUT2D eigenvalue weighted by Gasteiger charge is -2.18. The molecule has 0 saturated carbocycles. The van der Waals surface area contributed by atoms with E-state index in [9.17, 15) is 27.6 Å². The second-order valence-corrected chi connectivity index (χ2v) is 6.48. The van der Waals surface area contributed by atoms with Crippen molar-refractivity contribution in [2.45, 2.75) is 18.6 Å². The molecule has 3 N–H and O–H groups in total. The van der Waals surface area contributed by atoms with Crippen molar-refractivity contribution in [1.82, 2.24) is 0 Å². The first-order chi connectivity index (χ1) is 13.1. The Hall–Kier alpha value is -3.07. The van der Waals surface area contributed by atoms with E-state index in [1.807, 2.05) is 0 Å². The molecule has 3 amide bonds. The second kappa shape index (κ2) is 7.16. The van der Waals surface area contributed by atoms with E-state index < -0.39 is 40.5 Å². The van der Waals surface area contributed by atoms with Crippen LogP contribution in [0.25, 0.3) is 0 Å². The van der Waals surface area contributed by atoms with Gasteiger partial charge in [-0.15, -0.1) is 0 Å². The standard InChI is InChI=1S/C18H13ClF3N3O3/c19-13-6-5-11(7-12(13)18(20,21)22)25-15(26)8-14(17(25)28)24-10-3-1-9(2-4-10)16(23)27/h1-7,14,24H,8H2,(H2,23,27)/t14-/m1/s1. The highest BCUT2D eigenvalue weighted by Gasteiger charge is 2.41. The van der Waals surface area contributed by atoms with Gasteiger partial charge in [0.2, 0.25) is 11.8 Å². The number of halogens is 4. The van der Waals surface area contributed by atoms with Gasteiger partial charge in [-0.2, -0.15) is 13.2 Å². The van der Waals surface area contributed by atoms with Gasteiger partial charge in [0.25, 0.3) is 5.91 Å². The van der Waals surface area contributed by atoms with E-state index in [1.165, 1.54) is 30.3 Å². The van der Waals surface area contributed by atoms with Gasteiger partial charge < -0.3 is 11.1 Å². The number of hydrogen-bond acceptors (Lipinski definition) is 4. The molecule has 1 fully saturated rings. The van der Waals surface area contributed by atoms with Crippen molar-refractivity contribution in [1.29, 1.82) is 0 Å². The quantitative estimate of drug-likeness (QED) is 0.756. The van der Waals surface area contributed by atoms with Gasteiger partial charge >= 0.3 is 6.18 Å². The molecule has 3 rings (SSSR count). The molecule has 0 aromatic heterocycles. The van der Waals surface area contributed by atoms with Crippen molar-refractivity contribution < 1.29 is 27.6 Å². The van der Waals surface area contributed by atoms with E-state index in [0.29, 0.717) is 16.7 Å². The zero-order valence-corrected chi connectivity index (χ0v) is 14.8. The smallest absolute Gasteiger partial charge is 0.373 e. The fourth-order valence-corrected chi connectivity index (χ4v) is 3.04. The van der Waals surface area contributed by atoms with Gasteiger partial charge in [-0.3, -0.25) is 14.4 Å². The van der Waals surface area contributed by atoms with Gasteiger partial charge in [-0.25, -0.2) is 4.90 Å². The Labute approximate surface area is 162 Å². The summed E-state index contributed by atoms with van der Waals surface area (Å²) in [4.78, 5) is 36.6. The highest BCUT2D eigenvalue weighted by molar-refractivity contribution is 6.31. The van der Waals surface area contributed by atoms with Crippen LogP contribution < -0.4 is 16.0 Å². The Balaban J connectivity index is 1.83. The molecule has 10 heteroatoms. The second-order valence-electron chi connectivity index (χ2n) is 6.07. The van der Waals surface area contributed by atoms with Crippen LogP contribution in [0.4, 0.5) is 24.5 Å². The summed E-state index contributed by atoms with van der Waals surface area (Å²) >= 11 is 5.58. The number of rotatable bonds is 4. The minimum absolute atomic E-state index is 0.208. The van der Waals surface area contributed by atoms with Gasteiger partial charge in [0.15, 0.2) is 0 Å². The monoisotopic (exact) mass is 411 g/mol. The predicted octanol–water partition coefficient (Wildman–Crippen LogP) is 3.20. The largest absolute Gasteiger partial charge is 0.417 e. The third-order valence-corrected chi connectivity index (χ3v) is 4.50. The number of carbonyl (C=O) groups is 3. The molecule has 146 valence electrons. The molecule has 6 nitrogen and oxygen atoms in total.